The molecule has 0 unspecified atom stereocenters. The fraction of sp³-hybridized carbons (Fsp3) is 0.360. The van der Waals surface area contributed by atoms with E-state index in [9.17, 15) is 9.59 Å². The zero-order valence-electron chi connectivity index (χ0n) is 19.1. The maximum absolute atomic E-state index is 13.4. The van der Waals surface area contributed by atoms with Crippen LogP contribution in [0.3, 0.4) is 0 Å². The summed E-state index contributed by atoms with van der Waals surface area (Å²) in [7, 11) is 1.95. The van der Waals surface area contributed by atoms with Gasteiger partial charge in [-0.15, -0.1) is 0 Å². The molecule has 0 spiro atoms. The van der Waals surface area contributed by atoms with E-state index in [1.807, 2.05) is 55.1 Å². The molecular weight excluding hydrogens is 420 g/mol. The predicted molar refractivity (Wildman–Crippen MR) is 125 cm³/mol. The Morgan fingerprint density at radius 1 is 1.12 bits per heavy atom. The third-order valence-electron chi connectivity index (χ3n) is 5.65. The van der Waals surface area contributed by atoms with E-state index in [1.165, 1.54) is 0 Å². The van der Waals surface area contributed by atoms with Crippen molar-refractivity contribution in [3.8, 4) is 5.75 Å². The van der Waals surface area contributed by atoms with Gasteiger partial charge in [0.05, 0.1) is 26.0 Å². The van der Waals surface area contributed by atoms with Gasteiger partial charge in [0.15, 0.2) is 0 Å². The number of anilines is 1. The highest BCUT2D eigenvalue weighted by Gasteiger charge is 2.35. The molecule has 1 aliphatic rings. The minimum absolute atomic E-state index is 0.0126. The number of urea groups is 1. The average Bonchev–Trinajstić information content (AvgIpc) is 3.36. The predicted octanol–water partition coefficient (Wildman–Crippen LogP) is 4.24. The highest BCUT2D eigenvalue weighted by molar-refractivity contribution is 5.92. The molecule has 1 saturated carbocycles. The zero-order chi connectivity index (χ0) is 23.2. The molecular formula is C25H30N4O4. The molecule has 1 aromatic carbocycles. The van der Waals surface area contributed by atoms with Gasteiger partial charge >= 0.3 is 6.03 Å². The molecule has 0 saturated heterocycles. The summed E-state index contributed by atoms with van der Waals surface area (Å²) < 4.78 is 12.9. The van der Waals surface area contributed by atoms with Crippen molar-refractivity contribution < 1.29 is 18.7 Å². The summed E-state index contributed by atoms with van der Waals surface area (Å²) in [5, 5.41) is 2.92. The van der Waals surface area contributed by atoms with Crippen molar-refractivity contribution in [2.45, 2.75) is 38.9 Å². The van der Waals surface area contributed by atoms with E-state index in [1.54, 1.807) is 34.3 Å². The van der Waals surface area contributed by atoms with Crippen molar-refractivity contribution in [3.05, 3.63) is 72.4 Å². The molecule has 0 bridgehead atoms. The van der Waals surface area contributed by atoms with Gasteiger partial charge in [0, 0.05) is 30.7 Å². The average molecular weight is 451 g/mol. The van der Waals surface area contributed by atoms with Crippen molar-refractivity contribution >= 4 is 17.6 Å². The molecule has 8 nitrogen and oxygen atoms in total. The van der Waals surface area contributed by atoms with Crippen molar-refractivity contribution in [1.29, 1.82) is 0 Å². The highest BCUT2D eigenvalue weighted by Crippen LogP contribution is 2.28. The van der Waals surface area contributed by atoms with Gasteiger partial charge in [-0.3, -0.25) is 4.79 Å². The minimum atomic E-state index is -0.271. The lowest BCUT2D eigenvalue weighted by Crippen LogP contribution is -2.45. The number of rotatable bonds is 10. The van der Waals surface area contributed by atoms with Gasteiger partial charge in [-0.25, -0.2) is 4.79 Å². The third kappa shape index (κ3) is 5.97. The lowest BCUT2D eigenvalue weighted by molar-refractivity contribution is -0.133. The number of benzene rings is 1. The fourth-order valence-corrected chi connectivity index (χ4v) is 3.67. The SMILES string of the molecule is CCOc1ccc(NC(=O)N(CC(=O)N(Cc2ccco2)Cc2cccn2C)C2CC2)cc1. The van der Waals surface area contributed by atoms with E-state index in [2.05, 4.69) is 5.32 Å². The van der Waals surface area contributed by atoms with Crippen molar-refractivity contribution in [2.24, 2.45) is 7.05 Å². The normalized spacial score (nSPS) is 12.9. The molecule has 4 rings (SSSR count). The molecule has 3 aromatic rings. The molecule has 2 aromatic heterocycles. The molecule has 1 N–H and O–H groups in total. The Kier molecular flexibility index (Phi) is 7.02. The number of aromatic nitrogens is 1. The van der Waals surface area contributed by atoms with E-state index >= 15 is 0 Å². The third-order valence-corrected chi connectivity index (χ3v) is 5.65. The number of nitrogens with zero attached hydrogens (tertiary/aromatic N) is 3. The number of aryl methyl sites for hydroxylation is 1. The molecule has 0 atom stereocenters. The van der Waals surface area contributed by atoms with Crippen LogP contribution in [-0.4, -0.2) is 45.5 Å². The number of carbonyl (C=O) groups is 2. The lowest BCUT2D eigenvalue weighted by Gasteiger charge is -2.27. The fourth-order valence-electron chi connectivity index (χ4n) is 3.67. The van der Waals surface area contributed by atoms with Crippen LogP contribution in [0.2, 0.25) is 0 Å². The topological polar surface area (TPSA) is 80.0 Å². The van der Waals surface area contributed by atoms with Crippen LogP contribution in [-0.2, 0) is 24.9 Å². The summed E-state index contributed by atoms with van der Waals surface area (Å²) >= 11 is 0. The van der Waals surface area contributed by atoms with E-state index in [-0.39, 0.29) is 24.5 Å². The second-order valence-electron chi connectivity index (χ2n) is 8.19. The Balaban J connectivity index is 1.44. The van der Waals surface area contributed by atoms with Crippen molar-refractivity contribution in [2.75, 3.05) is 18.5 Å². The molecule has 2 heterocycles. The number of carbonyl (C=O) groups excluding carboxylic acids is 2. The maximum Gasteiger partial charge on any atom is 0.322 e. The van der Waals surface area contributed by atoms with Gasteiger partial charge in [0.25, 0.3) is 0 Å². The summed E-state index contributed by atoms with van der Waals surface area (Å²) in [5.41, 5.74) is 1.67. The van der Waals surface area contributed by atoms with Crippen LogP contribution in [0.4, 0.5) is 10.5 Å². The quantitative estimate of drug-likeness (QED) is 0.501. The monoisotopic (exact) mass is 450 g/mol. The Hall–Kier alpha value is -3.68. The number of furan rings is 1. The highest BCUT2D eigenvalue weighted by atomic mass is 16.5. The van der Waals surface area contributed by atoms with E-state index in [0.717, 1.165) is 24.3 Å². The van der Waals surface area contributed by atoms with Gasteiger partial charge in [-0.2, -0.15) is 0 Å². The van der Waals surface area contributed by atoms with Gasteiger partial charge in [0.2, 0.25) is 5.91 Å². The Labute approximate surface area is 193 Å². The summed E-state index contributed by atoms with van der Waals surface area (Å²) in [6.45, 7) is 3.30. The zero-order valence-corrected chi connectivity index (χ0v) is 19.1. The number of hydrogen-bond donors (Lipinski definition) is 1. The maximum atomic E-state index is 13.4. The summed E-state index contributed by atoms with van der Waals surface area (Å²) in [6, 6.07) is 14.6. The van der Waals surface area contributed by atoms with Gasteiger partial charge in [0.1, 0.15) is 18.1 Å². The first-order valence-corrected chi connectivity index (χ1v) is 11.2. The van der Waals surface area contributed by atoms with E-state index < -0.39 is 0 Å². The Morgan fingerprint density at radius 3 is 2.52 bits per heavy atom. The molecule has 0 aliphatic heterocycles. The molecule has 33 heavy (non-hydrogen) atoms. The largest absolute Gasteiger partial charge is 0.494 e. The van der Waals surface area contributed by atoms with E-state index in [0.29, 0.717) is 31.1 Å². The standard InChI is InChI=1S/C25H30N4O4/c1-3-32-22-12-8-19(9-13-22)26-25(31)29(20-10-11-20)18-24(30)28(17-23-7-5-15-33-23)16-21-6-4-14-27(21)2/h4-9,12-15,20H,3,10-11,16-18H2,1-2H3,(H,26,31). The summed E-state index contributed by atoms with van der Waals surface area (Å²) in [4.78, 5) is 29.8. The van der Waals surface area contributed by atoms with Crippen LogP contribution in [0.5, 0.6) is 5.75 Å². The summed E-state index contributed by atoms with van der Waals surface area (Å²) in [6.07, 6.45) is 5.35. The Bertz CT molecular complexity index is 1050. The van der Waals surface area contributed by atoms with Gasteiger partial charge < -0.3 is 28.8 Å². The number of hydrogen-bond acceptors (Lipinski definition) is 4. The molecule has 1 aliphatic carbocycles. The van der Waals surface area contributed by atoms with Crippen LogP contribution >= 0.6 is 0 Å². The first-order valence-electron chi connectivity index (χ1n) is 11.2. The van der Waals surface area contributed by atoms with Gasteiger partial charge in [-0.05, 0) is 68.3 Å². The van der Waals surface area contributed by atoms with Crippen LogP contribution in [0, 0.1) is 0 Å². The Morgan fingerprint density at radius 2 is 1.91 bits per heavy atom. The smallest absolute Gasteiger partial charge is 0.322 e. The van der Waals surface area contributed by atoms with Crippen LogP contribution < -0.4 is 10.1 Å². The number of ether oxygens (including phenoxy) is 1. The second-order valence-corrected chi connectivity index (χ2v) is 8.19. The van der Waals surface area contributed by atoms with Crippen molar-refractivity contribution in [3.63, 3.8) is 0 Å². The van der Waals surface area contributed by atoms with Gasteiger partial charge in [-0.1, -0.05) is 0 Å². The van der Waals surface area contributed by atoms with Crippen LogP contribution in [0.15, 0.2) is 65.4 Å². The number of nitrogens with one attached hydrogen (secondary N) is 1. The molecule has 3 amide bonds. The van der Waals surface area contributed by atoms with Crippen molar-refractivity contribution in [1.82, 2.24) is 14.4 Å². The van der Waals surface area contributed by atoms with Crippen LogP contribution in [0.1, 0.15) is 31.2 Å². The van der Waals surface area contributed by atoms with Crippen LogP contribution in [0.25, 0.3) is 0 Å². The molecule has 8 heteroatoms. The second kappa shape index (κ2) is 10.3. The summed E-state index contributed by atoms with van der Waals surface area (Å²) in [5.74, 6) is 1.33. The first-order chi connectivity index (χ1) is 16.0. The first kappa shape index (κ1) is 22.5. The number of amides is 3. The molecule has 0 radical (unpaired) electrons. The van der Waals surface area contributed by atoms with E-state index in [4.69, 9.17) is 9.15 Å². The minimum Gasteiger partial charge on any atom is -0.494 e. The molecule has 1 fully saturated rings. The lowest BCUT2D eigenvalue weighted by atomic mass is 10.3. The molecule has 174 valence electrons.